The van der Waals surface area contributed by atoms with Gasteiger partial charge in [-0.3, -0.25) is 0 Å². The summed E-state index contributed by atoms with van der Waals surface area (Å²) in [6, 6.07) is 9.07. The van der Waals surface area contributed by atoms with Gasteiger partial charge in [-0.05, 0) is 72.9 Å². The molecule has 0 bridgehead atoms. The number of carbonyl (C=O) groups is 1. The van der Waals surface area contributed by atoms with E-state index < -0.39 is 12.1 Å². The molecule has 0 amide bonds. The van der Waals surface area contributed by atoms with E-state index in [4.69, 9.17) is 0 Å². The van der Waals surface area contributed by atoms with Crippen LogP contribution < -0.4 is 29.6 Å². The van der Waals surface area contributed by atoms with Gasteiger partial charge >= 0.3 is 35.5 Å². The van der Waals surface area contributed by atoms with Gasteiger partial charge in [0.25, 0.3) is 0 Å². The Bertz CT molecular complexity index is 913. The quantitative estimate of drug-likeness (QED) is 0.669. The average Bonchev–Trinajstić information content (AvgIpc) is 3.08. The zero-order valence-corrected chi connectivity index (χ0v) is 17.4. The number of aromatic nitrogens is 2. The SMILES string of the molecule is Cc1ccc(-n2ccnc2)cc1C(O)c1c(C)cc(C(=O)O)cc1C.[Na+]. The Labute approximate surface area is 174 Å². The molecular weight excluding hydrogens is 339 g/mol. The van der Waals surface area contributed by atoms with Crippen molar-refractivity contribution in [1.82, 2.24) is 9.55 Å². The standard InChI is InChI=1S/C20H20N2O3.Na/c1-12-4-5-16(22-7-6-21-11-22)10-17(12)19(23)18-13(2)8-15(20(24)25)9-14(18)3;/h4-11,19,23H,1-3H3,(H,24,25);/q;+1. The summed E-state index contributed by atoms with van der Waals surface area (Å²) < 4.78 is 1.88. The summed E-state index contributed by atoms with van der Waals surface area (Å²) in [6.07, 6.45) is 4.43. The molecule has 0 saturated heterocycles. The first kappa shape index (κ1) is 20.4. The largest absolute Gasteiger partial charge is 1.00 e. The summed E-state index contributed by atoms with van der Waals surface area (Å²) >= 11 is 0. The molecule has 2 N–H and O–H groups in total. The molecule has 0 saturated carbocycles. The van der Waals surface area contributed by atoms with Crippen molar-refractivity contribution in [3.8, 4) is 5.69 Å². The van der Waals surface area contributed by atoms with E-state index in [1.165, 1.54) is 0 Å². The third-order valence-electron chi connectivity index (χ3n) is 4.47. The van der Waals surface area contributed by atoms with Crippen molar-refractivity contribution in [2.45, 2.75) is 26.9 Å². The van der Waals surface area contributed by atoms with Crippen LogP contribution >= 0.6 is 0 Å². The number of aliphatic hydroxyl groups is 1. The van der Waals surface area contributed by atoms with E-state index >= 15 is 0 Å². The van der Waals surface area contributed by atoms with Crippen molar-refractivity contribution in [1.29, 1.82) is 0 Å². The van der Waals surface area contributed by atoms with Crippen LogP contribution in [-0.4, -0.2) is 25.7 Å². The number of carboxylic acids is 1. The Balaban J connectivity index is 0.00000243. The fourth-order valence-corrected chi connectivity index (χ4v) is 3.18. The van der Waals surface area contributed by atoms with Gasteiger partial charge in [0.2, 0.25) is 0 Å². The number of rotatable bonds is 4. The zero-order valence-electron chi connectivity index (χ0n) is 15.4. The Hall–Kier alpha value is -1.92. The van der Waals surface area contributed by atoms with Crippen molar-refractivity contribution in [2.75, 3.05) is 0 Å². The van der Waals surface area contributed by atoms with Crippen molar-refractivity contribution < 1.29 is 44.6 Å². The summed E-state index contributed by atoms with van der Waals surface area (Å²) in [5, 5.41) is 20.2. The molecule has 1 unspecified atom stereocenters. The topological polar surface area (TPSA) is 75.3 Å². The molecule has 2 aromatic carbocycles. The second-order valence-electron chi connectivity index (χ2n) is 6.24. The molecule has 6 heteroatoms. The van der Waals surface area contributed by atoms with Gasteiger partial charge in [0.05, 0.1) is 11.9 Å². The van der Waals surface area contributed by atoms with Crippen LogP contribution in [-0.2, 0) is 0 Å². The van der Waals surface area contributed by atoms with Crippen LogP contribution in [0.5, 0.6) is 0 Å². The average molecular weight is 359 g/mol. The molecule has 26 heavy (non-hydrogen) atoms. The van der Waals surface area contributed by atoms with Gasteiger partial charge in [0.1, 0.15) is 6.10 Å². The monoisotopic (exact) mass is 359 g/mol. The summed E-state index contributed by atoms with van der Waals surface area (Å²) in [4.78, 5) is 15.3. The molecule has 128 valence electrons. The smallest absolute Gasteiger partial charge is 0.478 e. The molecule has 3 rings (SSSR count). The molecule has 1 atom stereocenters. The van der Waals surface area contributed by atoms with E-state index in [0.29, 0.717) is 0 Å². The van der Waals surface area contributed by atoms with E-state index in [0.717, 1.165) is 33.5 Å². The van der Waals surface area contributed by atoms with Crippen LogP contribution in [0.2, 0.25) is 0 Å². The number of hydrogen-bond acceptors (Lipinski definition) is 3. The van der Waals surface area contributed by atoms with Gasteiger partial charge in [-0.25, -0.2) is 9.78 Å². The summed E-state index contributed by atoms with van der Waals surface area (Å²) in [5.74, 6) is -0.967. The van der Waals surface area contributed by atoms with Crippen LogP contribution in [0.3, 0.4) is 0 Å². The Kier molecular flexibility index (Phi) is 6.42. The first-order valence-corrected chi connectivity index (χ1v) is 8.00. The van der Waals surface area contributed by atoms with E-state index in [2.05, 4.69) is 4.98 Å². The van der Waals surface area contributed by atoms with E-state index in [9.17, 15) is 15.0 Å². The van der Waals surface area contributed by atoms with Gasteiger partial charge in [-0.15, -0.1) is 0 Å². The second kappa shape index (κ2) is 8.18. The minimum Gasteiger partial charge on any atom is -0.478 e. The first-order valence-electron chi connectivity index (χ1n) is 8.00. The molecular formula is C20H20N2NaO3+. The minimum atomic E-state index is -0.967. The first-order chi connectivity index (χ1) is 11.9. The van der Waals surface area contributed by atoms with Gasteiger partial charge in [0.15, 0.2) is 0 Å². The number of carboxylic acid groups (broad SMARTS) is 1. The van der Waals surface area contributed by atoms with Gasteiger partial charge in [-0.2, -0.15) is 0 Å². The number of aromatic carboxylic acids is 1. The molecule has 0 aliphatic heterocycles. The maximum atomic E-state index is 11.2. The number of nitrogens with zero attached hydrogens (tertiary/aromatic N) is 2. The Morgan fingerprint density at radius 1 is 1.08 bits per heavy atom. The second-order valence-corrected chi connectivity index (χ2v) is 6.24. The van der Waals surface area contributed by atoms with E-state index in [-0.39, 0.29) is 35.1 Å². The molecule has 1 heterocycles. The van der Waals surface area contributed by atoms with Crippen LogP contribution in [0.1, 0.15) is 44.3 Å². The van der Waals surface area contributed by atoms with Crippen LogP contribution in [0.15, 0.2) is 49.1 Å². The molecule has 3 aromatic rings. The minimum absolute atomic E-state index is 0. The molecule has 0 spiro atoms. The van der Waals surface area contributed by atoms with Crippen molar-refractivity contribution >= 4 is 5.97 Å². The maximum absolute atomic E-state index is 11.2. The van der Waals surface area contributed by atoms with Gasteiger partial charge < -0.3 is 14.8 Å². The van der Waals surface area contributed by atoms with Crippen LogP contribution in [0.4, 0.5) is 0 Å². The Morgan fingerprint density at radius 2 is 1.73 bits per heavy atom. The van der Waals surface area contributed by atoms with Crippen LogP contribution in [0, 0.1) is 20.8 Å². The molecule has 1 aromatic heterocycles. The van der Waals surface area contributed by atoms with Crippen molar-refractivity contribution in [3.63, 3.8) is 0 Å². The molecule has 0 fully saturated rings. The van der Waals surface area contributed by atoms with Gasteiger partial charge in [-0.1, -0.05) is 6.07 Å². The zero-order chi connectivity index (χ0) is 18.1. The third-order valence-corrected chi connectivity index (χ3v) is 4.47. The Morgan fingerprint density at radius 3 is 2.27 bits per heavy atom. The number of hydrogen-bond donors (Lipinski definition) is 2. The summed E-state index contributed by atoms with van der Waals surface area (Å²) in [5.41, 5.74) is 5.17. The summed E-state index contributed by atoms with van der Waals surface area (Å²) in [6.45, 7) is 5.60. The maximum Gasteiger partial charge on any atom is 1.00 e. The van der Waals surface area contributed by atoms with Crippen molar-refractivity contribution in [3.05, 3.63) is 82.4 Å². The predicted octanol–water partition coefficient (Wildman–Crippen LogP) is 0.581. The van der Waals surface area contributed by atoms with Gasteiger partial charge in [0, 0.05) is 18.1 Å². The molecule has 0 radical (unpaired) electrons. The molecule has 5 nitrogen and oxygen atoms in total. The summed E-state index contributed by atoms with van der Waals surface area (Å²) in [7, 11) is 0. The normalized spacial score (nSPS) is 11.7. The van der Waals surface area contributed by atoms with Crippen molar-refractivity contribution in [2.24, 2.45) is 0 Å². The molecule has 0 aliphatic rings. The fraction of sp³-hybridized carbons (Fsp3) is 0.200. The van der Waals surface area contributed by atoms with E-state index in [1.54, 1.807) is 24.7 Å². The number of aliphatic hydroxyl groups excluding tert-OH is 1. The number of aryl methyl sites for hydroxylation is 3. The fourth-order valence-electron chi connectivity index (χ4n) is 3.18. The number of benzene rings is 2. The third kappa shape index (κ3) is 3.91. The predicted molar refractivity (Wildman–Crippen MR) is 95.2 cm³/mol. The van der Waals surface area contributed by atoms with Crippen LogP contribution in [0.25, 0.3) is 5.69 Å². The van der Waals surface area contributed by atoms with E-state index in [1.807, 2.05) is 49.7 Å². The molecule has 0 aliphatic carbocycles. The number of imidazole rings is 1.